The molecular formula is C14H18F3N. The topological polar surface area (TPSA) is 12.0 Å². The highest BCUT2D eigenvalue weighted by Gasteiger charge is 2.26. The van der Waals surface area contributed by atoms with Gasteiger partial charge >= 0.3 is 6.18 Å². The zero-order chi connectivity index (χ0) is 13.0. The van der Waals surface area contributed by atoms with Gasteiger partial charge in [0.25, 0.3) is 0 Å². The van der Waals surface area contributed by atoms with Crippen LogP contribution in [0, 0.1) is 0 Å². The monoisotopic (exact) mass is 257 g/mol. The van der Waals surface area contributed by atoms with Gasteiger partial charge in [-0.15, -0.1) is 0 Å². The molecule has 0 atom stereocenters. The van der Waals surface area contributed by atoms with Crippen LogP contribution in [0.3, 0.4) is 0 Å². The van der Waals surface area contributed by atoms with Gasteiger partial charge in [-0.25, -0.2) is 0 Å². The first kappa shape index (κ1) is 13.2. The molecule has 0 heterocycles. The first-order valence-corrected chi connectivity index (χ1v) is 6.45. The minimum atomic E-state index is -4.16. The Morgan fingerprint density at radius 1 is 1.00 bits per heavy atom. The highest BCUT2D eigenvalue weighted by atomic mass is 19.4. The minimum Gasteiger partial charge on any atom is -0.376 e. The molecule has 0 saturated heterocycles. The molecule has 0 spiro atoms. The van der Waals surface area contributed by atoms with Gasteiger partial charge in [0.15, 0.2) is 0 Å². The zero-order valence-corrected chi connectivity index (χ0v) is 10.3. The summed E-state index contributed by atoms with van der Waals surface area (Å²) in [6, 6.07) is 7.40. The van der Waals surface area contributed by atoms with Crippen molar-refractivity contribution in [2.75, 3.05) is 11.9 Å². The van der Waals surface area contributed by atoms with Crippen LogP contribution in [0.15, 0.2) is 24.3 Å². The molecule has 1 saturated carbocycles. The van der Waals surface area contributed by atoms with Crippen LogP contribution in [0.5, 0.6) is 0 Å². The molecule has 1 aliphatic rings. The summed E-state index contributed by atoms with van der Waals surface area (Å²) in [5.74, 6) is 0.593. The lowest BCUT2D eigenvalue weighted by molar-refractivity contribution is -0.115. The number of nitrogens with one attached hydrogen (secondary N) is 1. The average Bonchev–Trinajstić information content (AvgIpc) is 2.37. The number of hydrogen-bond donors (Lipinski definition) is 1. The number of anilines is 1. The van der Waals surface area contributed by atoms with E-state index in [9.17, 15) is 13.2 Å². The SMILES string of the molecule is FC(F)(F)CNc1ccc(C2CCCCC2)cc1. The molecule has 1 aromatic carbocycles. The molecule has 0 aromatic heterocycles. The molecule has 1 N–H and O–H groups in total. The Kier molecular flexibility index (Phi) is 4.15. The molecular weight excluding hydrogens is 239 g/mol. The van der Waals surface area contributed by atoms with E-state index in [4.69, 9.17) is 0 Å². The summed E-state index contributed by atoms with van der Waals surface area (Å²) in [6.45, 7) is -0.976. The van der Waals surface area contributed by atoms with Crippen LogP contribution >= 0.6 is 0 Å². The van der Waals surface area contributed by atoms with Crippen LogP contribution in [0.1, 0.15) is 43.6 Å². The molecule has 0 bridgehead atoms. The number of alkyl halides is 3. The average molecular weight is 257 g/mol. The van der Waals surface area contributed by atoms with E-state index >= 15 is 0 Å². The number of rotatable bonds is 3. The predicted octanol–water partition coefficient (Wildman–Crippen LogP) is 4.71. The maximum absolute atomic E-state index is 12.0. The Hall–Kier alpha value is -1.19. The van der Waals surface area contributed by atoms with E-state index < -0.39 is 12.7 Å². The standard InChI is InChI=1S/C14H18F3N/c15-14(16,17)10-18-13-8-6-12(7-9-13)11-4-2-1-3-5-11/h6-9,11,18H,1-5,10H2. The third-order valence-corrected chi connectivity index (χ3v) is 3.48. The van der Waals surface area contributed by atoms with Crippen LogP contribution in [0.25, 0.3) is 0 Å². The Morgan fingerprint density at radius 3 is 2.17 bits per heavy atom. The molecule has 1 aromatic rings. The lowest BCUT2D eigenvalue weighted by Crippen LogP contribution is -2.21. The molecule has 1 fully saturated rings. The van der Waals surface area contributed by atoms with Crippen molar-refractivity contribution < 1.29 is 13.2 Å². The summed E-state index contributed by atoms with van der Waals surface area (Å²) in [7, 11) is 0. The van der Waals surface area contributed by atoms with Crippen LogP contribution in [-0.2, 0) is 0 Å². The molecule has 4 heteroatoms. The second-order valence-electron chi connectivity index (χ2n) is 4.93. The fraction of sp³-hybridized carbons (Fsp3) is 0.571. The molecule has 1 aliphatic carbocycles. The summed E-state index contributed by atoms with van der Waals surface area (Å²) in [4.78, 5) is 0. The Labute approximate surface area is 105 Å². The van der Waals surface area contributed by atoms with Crippen molar-refractivity contribution in [2.24, 2.45) is 0 Å². The van der Waals surface area contributed by atoms with E-state index in [0.717, 1.165) is 0 Å². The number of hydrogen-bond acceptors (Lipinski definition) is 1. The largest absolute Gasteiger partial charge is 0.405 e. The van der Waals surface area contributed by atoms with Gasteiger partial charge in [0, 0.05) is 5.69 Å². The molecule has 0 aliphatic heterocycles. The van der Waals surface area contributed by atoms with Gasteiger partial charge in [-0.05, 0) is 36.5 Å². The highest BCUT2D eigenvalue weighted by Crippen LogP contribution is 2.33. The van der Waals surface area contributed by atoms with Crippen molar-refractivity contribution in [3.05, 3.63) is 29.8 Å². The summed E-state index contributed by atoms with van der Waals surface area (Å²) in [5, 5.41) is 2.39. The van der Waals surface area contributed by atoms with Crippen molar-refractivity contribution >= 4 is 5.69 Å². The van der Waals surface area contributed by atoms with E-state index in [1.165, 1.54) is 37.7 Å². The molecule has 0 amide bonds. The van der Waals surface area contributed by atoms with Crippen molar-refractivity contribution in [1.29, 1.82) is 0 Å². The first-order valence-electron chi connectivity index (χ1n) is 6.45. The molecule has 2 rings (SSSR count). The summed E-state index contributed by atoms with van der Waals surface area (Å²) in [5.41, 5.74) is 1.79. The number of benzene rings is 1. The van der Waals surface area contributed by atoms with Gasteiger partial charge in [-0.1, -0.05) is 31.4 Å². The van der Waals surface area contributed by atoms with Crippen LogP contribution < -0.4 is 5.32 Å². The summed E-state index contributed by atoms with van der Waals surface area (Å²) < 4.78 is 36.1. The zero-order valence-electron chi connectivity index (χ0n) is 10.3. The maximum atomic E-state index is 12.0. The Balaban J connectivity index is 1.92. The highest BCUT2D eigenvalue weighted by molar-refractivity contribution is 5.45. The van der Waals surface area contributed by atoms with Gasteiger partial charge in [-0.3, -0.25) is 0 Å². The Morgan fingerprint density at radius 2 is 1.61 bits per heavy atom. The van der Waals surface area contributed by atoms with Crippen molar-refractivity contribution in [1.82, 2.24) is 0 Å². The predicted molar refractivity (Wildman–Crippen MR) is 66.8 cm³/mol. The van der Waals surface area contributed by atoms with E-state index in [1.54, 1.807) is 12.1 Å². The fourth-order valence-electron chi connectivity index (χ4n) is 2.51. The van der Waals surface area contributed by atoms with Crippen molar-refractivity contribution in [2.45, 2.75) is 44.2 Å². The van der Waals surface area contributed by atoms with Crippen molar-refractivity contribution in [3.63, 3.8) is 0 Å². The normalized spacial score (nSPS) is 17.7. The maximum Gasteiger partial charge on any atom is 0.405 e. The quantitative estimate of drug-likeness (QED) is 0.827. The molecule has 0 unspecified atom stereocenters. The van der Waals surface area contributed by atoms with Gasteiger partial charge in [0.1, 0.15) is 6.54 Å². The minimum absolute atomic E-state index is 0.534. The van der Waals surface area contributed by atoms with E-state index in [1.807, 2.05) is 12.1 Å². The molecule has 18 heavy (non-hydrogen) atoms. The second-order valence-corrected chi connectivity index (χ2v) is 4.93. The summed E-state index contributed by atoms with van der Waals surface area (Å²) in [6.07, 6.45) is 2.08. The lowest BCUT2D eigenvalue weighted by atomic mass is 9.84. The number of halogens is 3. The van der Waals surface area contributed by atoms with Crippen molar-refractivity contribution in [3.8, 4) is 0 Å². The second kappa shape index (κ2) is 5.63. The molecule has 100 valence electrons. The van der Waals surface area contributed by atoms with Crippen LogP contribution in [-0.4, -0.2) is 12.7 Å². The Bertz CT molecular complexity index is 364. The fourth-order valence-corrected chi connectivity index (χ4v) is 2.51. The van der Waals surface area contributed by atoms with E-state index in [0.29, 0.717) is 11.6 Å². The van der Waals surface area contributed by atoms with Crippen LogP contribution in [0.4, 0.5) is 18.9 Å². The molecule has 0 radical (unpaired) electrons. The van der Waals surface area contributed by atoms with E-state index in [-0.39, 0.29) is 0 Å². The van der Waals surface area contributed by atoms with Gasteiger partial charge < -0.3 is 5.32 Å². The van der Waals surface area contributed by atoms with E-state index in [2.05, 4.69) is 5.32 Å². The first-order chi connectivity index (χ1) is 8.54. The van der Waals surface area contributed by atoms with Gasteiger partial charge in [0.2, 0.25) is 0 Å². The van der Waals surface area contributed by atoms with Crippen LogP contribution in [0.2, 0.25) is 0 Å². The third-order valence-electron chi connectivity index (χ3n) is 3.48. The van der Waals surface area contributed by atoms with Gasteiger partial charge in [0.05, 0.1) is 0 Å². The summed E-state index contributed by atoms with van der Waals surface area (Å²) >= 11 is 0. The smallest absolute Gasteiger partial charge is 0.376 e. The van der Waals surface area contributed by atoms with Gasteiger partial charge in [-0.2, -0.15) is 13.2 Å². The lowest BCUT2D eigenvalue weighted by Gasteiger charge is -2.22. The third kappa shape index (κ3) is 3.93. The molecule has 1 nitrogen and oxygen atoms in total.